The van der Waals surface area contributed by atoms with Crippen LogP contribution >= 0.6 is 15.9 Å². The summed E-state index contributed by atoms with van der Waals surface area (Å²) in [5.74, 6) is 0.821. The van der Waals surface area contributed by atoms with Crippen LogP contribution in [0.5, 0.6) is 5.75 Å². The van der Waals surface area contributed by atoms with Gasteiger partial charge in [-0.15, -0.1) is 0 Å². The molecule has 0 saturated heterocycles. The Hall–Kier alpha value is -3.19. The summed E-state index contributed by atoms with van der Waals surface area (Å²) in [7, 11) is 0. The second-order valence-electron chi connectivity index (χ2n) is 5.72. The Labute approximate surface area is 163 Å². The van der Waals surface area contributed by atoms with E-state index in [4.69, 9.17) is 9.15 Å². The average molecular weight is 424 g/mol. The molecule has 0 aliphatic heterocycles. The zero-order valence-electron chi connectivity index (χ0n) is 14.1. The molecule has 0 saturated carbocycles. The van der Waals surface area contributed by atoms with Crippen molar-refractivity contribution in [1.82, 2.24) is 9.97 Å². The van der Waals surface area contributed by atoms with Crippen LogP contribution in [-0.2, 0) is 4.79 Å². The van der Waals surface area contributed by atoms with Crippen molar-refractivity contribution in [2.24, 2.45) is 0 Å². The van der Waals surface area contributed by atoms with E-state index in [2.05, 4.69) is 31.2 Å². The maximum absolute atomic E-state index is 12.1. The molecule has 6 nitrogen and oxygen atoms in total. The number of nitrogens with one attached hydrogen (secondary N) is 1. The number of aromatic nitrogens is 2. The number of hydrogen-bond donors (Lipinski definition) is 1. The Balaban J connectivity index is 1.44. The molecule has 0 atom stereocenters. The number of nitrogens with zero attached hydrogens (tertiary/aromatic N) is 2. The fourth-order valence-corrected chi connectivity index (χ4v) is 2.76. The average Bonchev–Trinajstić information content (AvgIpc) is 3.12. The van der Waals surface area contributed by atoms with E-state index in [0.717, 1.165) is 10.0 Å². The summed E-state index contributed by atoms with van der Waals surface area (Å²) < 4.78 is 12.1. The van der Waals surface area contributed by atoms with Crippen molar-refractivity contribution in [3.8, 4) is 17.2 Å². The summed E-state index contributed by atoms with van der Waals surface area (Å²) in [4.78, 5) is 20.7. The number of halogens is 1. The van der Waals surface area contributed by atoms with Gasteiger partial charge in [0.05, 0.1) is 0 Å². The summed E-state index contributed by atoms with van der Waals surface area (Å²) in [6.45, 7) is -0.0847. The van der Waals surface area contributed by atoms with Crippen molar-refractivity contribution in [3.63, 3.8) is 0 Å². The first kappa shape index (κ1) is 17.2. The number of carbonyl (C=O) groups excluding carboxylic acids is 1. The lowest BCUT2D eigenvalue weighted by Gasteiger charge is -2.08. The van der Waals surface area contributed by atoms with Crippen LogP contribution in [0.3, 0.4) is 0 Å². The first-order valence-corrected chi connectivity index (χ1v) is 8.97. The van der Waals surface area contributed by atoms with Gasteiger partial charge >= 0.3 is 0 Å². The van der Waals surface area contributed by atoms with Crippen LogP contribution in [0, 0.1) is 0 Å². The molecule has 2 aromatic heterocycles. The van der Waals surface area contributed by atoms with Gasteiger partial charge in [-0.25, -0.2) is 4.98 Å². The molecule has 0 radical (unpaired) electrons. The predicted molar refractivity (Wildman–Crippen MR) is 106 cm³/mol. The van der Waals surface area contributed by atoms with Gasteiger partial charge in [0.25, 0.3) is 5.91 Å². The molecule has 1 N–H and O–H groups in total. The Kier molecular flexibility index (Phi) is 4.84. The molecule has 0 aliphatic rings. The molecule has 2 heterocycles. The molecule has 0 aliphatic carbocycles. The number of fused-ring (bicyclic) bond motifs is 1. The number of amides is 1. The molecule has 2 aromatic carbocycles. The number of pyridine rings is 1. The van der Waals surface area contributed by atoms with E-state index in [9.17, 15) is 4.79 Å². The second-order valence-corrected chi connectivity index (χ2v) is 6.63. The third-order valence-electron chi connectivity index (χ3n) is 3.74. The number of anilines is 1. The van der Waals surface area contributed by atoms with Crippen LogP contribution in [0.2, 0.25) is 0 Å². The number of benzene rings is 2. The lowest BCUT2D eigenvalue weighted by atomic mass is 10.2. The fraction of sp³-hybridized carbons (Fsp3) is 0.0500. The monoisotopic (exact) mass is 423 g/mol. The van der Waals surface area contributed by atoms with Crippen LogP contribution in [0.4, 0.5) is 5.69 Å². The maximum atomic E-state index is 12.1. The maximum Gasteiger partial charge on any atom is 0.262 e. The highest BCUT2D eigenvalue weighted by molar-refractivity contribution is 9.10. The minimum atomic E-state index is -0.255. The number of ether oxygens (including phenoxy) is 1. The topological polar surface area (TPSA) is 77.2 Å². The van der Waals surface area contributed by atoms with Gasteiger partial charge in [0, 0.05) is 21.9 Å². The van der Waals surface area contributed by atoms with Gasteiger partial charge in [-0.3, -0.25) is 4.79 Å². The molecule has 0 unspecified atom stereocenters. The van der Waals surface area contributed by atoms with Crippen molar-refractivity contribution >= 4 is 38.8 Å². The van der Waals surface area contributed by atoms with E-state index in [1.54, 1.807) is 36.5 Å². The quantitative estimate of drug-likeness (QED) is 0.504. The Morgan fingerprint density at radius 3 is 2.78 bits per heavy atom. The Bertz CT molecular complexity index is 1060. The highest BCUT2D eigenvalue weighted by Crippen LogP contribution is 2.25. The molecule has 1 amide bonds. The molecule has 7 heteroatoms. The van der Waals surface area contributed by atoms with Gasteiger partial charge in [-0.1, -0.05) is 22.0 Å². The third-order valence-corrected chi connectivity index (χ3v) is 4.27. The summed E-state index contributed by atoms with van der Waals surface area (Å²) in [5, 5.41) is 2.81. The van der Waals surface area contributed by atoms with Crippen LogP contribution in [0.25, 0.3) is 22.7 Å². The van der Waals surface area contributed by atoms with Crippen molar-refractivity contribution in [2.75, 3.05) is 11.9 Å². The van der Waals surface area contributed by atoms with Crippen molar-refractivity contribution in [2.45, 2.75) is 0 Å². The normalized spacial score (nSPS) is 10.7. The molecule has 0 fully saturated rings. The van der Waals surface area contributed by atoms with Crippen LogP contribution in [0.15, 0.2) is 75.8 Å². The SMILES string of the molecule is O=C(COc1ccc(Br)cc1)Nc1cccc(-c2nc3ncccc3o2)c1. The minimum absolute atomic E-state index is 0.0847. The van der Waals surface area contributed by atoms with Gasteiger partial charge < -0.3 is 14.5 Å². The van der Waals surface area contributed by atoms with Gasteiger partial charge in [-0.2, -0.15) is 4.98 Å². The molecular formula is C20H14BrN3O3. The Morgan fingerprint density at radius 2 is 1.96 bits per heavy atom. The van der Waals surface area contributed by atoms with E-state index < -0.39 is 0 Å². The number of oxazole rings is 1. The van der Waals surface area contributed by atoms with E-state index >= 15 is 0 Å². The first-order chi connectivity index (χ1) is 13.2. The zero-order valence-corrected chi connectivity index (χ0v) is 15.6. The Morgan fingerprint density at radius 1 is 1.11 bits per heavy atom. The van der Waals surface area contributed by atoms with E-state index in [0.29, 0.717) is 28.6 Å². The number of rotatable bonds is 5. The largest absolute Gasteiger partial charge is 0.484 e. The summed E-state index contributed by atoms with van der Waals surface area (Å²) in [6, 6.07) is 18.2. The van der Waals surface area contributed by atoms with Gasteiger partial charge in [0.15, 0.2) is 17.8 Å². The second kappa shape index (κ2) is 7.59. The third kappa shape index (κ3) is 4.15. The van der Waals surface area contributed by atoms with Crippen LogP contribution in [-0.4, -0.2) is 22.5 Å². The minimum Gasteiger partial charge on any atom is -0.484 e. The summed E-state index contributed by atoms with van der Waals surface area (Å²) in [6.07, 6.45) is 1.66. The van der Waals surface area contributed by atoms with Gasteiger partial charge in [-0.05, 0) is 54.6 Å². The summed E-state index contributed by atoms with van der Waals surface area (Å²) in [5.41, 5.74) is 2.54. The lowest BCUT2D eigenvalue weighted by molar-refractivity contribution is -0.118. The standard InChI is InChI=1S/C20H14BrN3O3/c21-14-6-8-16(9-7-14)26-12-18(25)23-15-4-1-3-13(11-15)20-24-19-17(27-20)5-2-10-22-19/h1-11H,12H2,(H,23,25). The highest BCUT2D eigenvalue weighted by atomic mass is 79.9. The predicted octanol–water partition coefficient (Wildman–Crippen LogP) is 4.67. The molecule has 4 rings (SSSR count). The van der Waals surface area contributed by atoms with Gasteiger partial charge in [0.2, 0.25) is 5.89 Å². The molecule has 0 spiro atoms. The fourth-order valence-electron chi connectivity index (χ4n) is 2.50. The van der Waals surface area contributed by atoms with Crippen molar-refractivity contribution in [1.29, 1.82) is 0 Å². The van der Waals surface area contributed by atoms with E-state index in [1.807, 2.05) is 30.3 Å². The van der Waals surface area contributed by atoms with Crippen molar-refractivity contribution in [3.05, 3.63) is 71.3 Å². The van der Waals surface area contributed by atoms with Gasteiger partial charge in [0.1, 0.15) is 5.75 Å². The smallest absolute Gasteiger partial charge is 0.262 e. The van der Waals surface area contributed by atoms with E-state index in [-0.39, 0.29) is 12.5 Å². The van der Waals surface area contributed by atoms with Crippen LogP contribution in [0.1, 0.15) is 0 Å². The number of carbonyl (C=O) groups is 1. The summed E-state index contributed by atoms with van der Waals surface area (Å²) >= 11 is 3.36. The first-order valence-electron chi connectivity index (χ1n) is 8.17. The molecular weight excluding hydrogens is 410 g/mol. The highest BCUT2D eigenvalue weighted by Gasteiger charge is 2.10. The molecule has 27 heavy (non-hydrogen) atoms. The van der Waals surface area contributed by atoms with Crippen LogP contribution < -0.4 is 10.1 Å². The van der Waals surface area contributed by atoms with Crippen molar-refractivity contribution < 1.29 is 13.9 Å². The zero-order chi connectivity index (χ0) is 18.6. The molecule has 0 bridgehead atoms. The molecule has 4 aromatic rings. The lowest BCUT2D eigenvalue weighted by Crippen LogP contribution is -2.20. The molecule has 134 valence electrons. The number of hydrogen-bond acceptors (Lipinski definition) is 5. The van der Waals surface area contributed by atoms with E-state index in [1.165, 1.54) is 0 Å².